The van der Waals surface area contributed by atoms with Crippen LogP contribution in [0.4, 0.5) is 4.79 Å². The normalized spacial score (nSPS) is 22.0. The highest BCUT2D eigenvalue weighted by atomic mass is 32.2. The summed E-state index contributed by atoms with van der Waals surface area (Å²) in [6.45, 7) is 2.97. The summed E-state index contributed by atoms with van der Waals surface area (Å²) in [6, 6.07) is -0.949. The Morgan fingerprint density at radius 1 is 1.13 bits per heavy atom. The molecule has 0 spiro atoms. The van der Waals surface area contributed by atoms with Gasteiger partial charge in [0, 0.05) is 26.2 Å². The van der Waals surface area contributed by atoms with Crippen LogP contribution in [0.5, 0.6) is 0 Å². The monoisotopic (exact) mass is 345 g/mol. The second-order valence-electron chi connectivity index (χ2n) is 5.39. The number of thioether (sulfide) groups is 1. The number of ether oxygens (including phenoxy) is 2. The number of hydrogen-bond donors (Lipinski definition) is 0. The molecule has 2 saturated heterocycles. The summed E-state index contributed by atoms with van der Waals surface area (Å²) in [7, 11) is 1.29. The number of esters is 1. The van der Waals surface area contributed by atoms with E-state index in [0.29, 0.717) is 45.1 Å². The van der Waals surface area contributed by atoms with Gasteiger partial charge in [-0.05, 0) is 6.26 Å². The first kappa shape index (κ1) is 17.9. The Morgan fingerprint density at radius 3 is 2.43 bits per heavy atom. The Balaban J connectivity index is 2.07. The maximum Gasteiger partial charge on any atom is 0.330 e. The van der Waals surface area contributed by atoms with Gasteiger partial charge in [-0.3, -0.25) is 4.79 Å². The first-order valence-corrected chi connectivity index (χ1v) is 8.95. The molecule has 0 aromatic heterocycles. The van der Waals surface area contributed by atoms with E-state index < -0.39 is 12.0 Å². The highest BCUT2D eigenvalue weighted by Crippen LogP contribution is 2.16. The number of urea groups is 1. The van der Waals surface area contributed by atoms with Gasteiger partial charge in [-0.25, -0.2) is 9.59 Å². The van der Waals surface area contributed by atoms with Crippen molar-refractivity contribution in [2.45, 2.75) is 6.04 Å². The lowest BCUT2D eigenvalue weighted by atomic mass is 10.1. The predicted molar refractivity (Wildman–Crippen MR) is 85.3 cm³/mol. The van der Waals surface area contributed by atoms with Crippen LogP contribution in [0, 0.1) is 0 Å². The molecular weight excluding hydrogens is 322 g/mol. The molecule has 2 fully saturated rings. The third-order valence-electron chi connectivity index (χ3n) is 4.00. The maximum atomic E-state index is 12.7. The lowest BCUT2D eigenvalue weighted by Crippen LogP contribution is -2.63. The Labute approximate surface area is 140 Å². The Hall–Kier alpha value is -1.48. The number of morpholine rings is 1. The second kappa shape index (κ2) is 8.39. The SMILES string of the molecule is COC(=O)C1CN(C(=O)CSC)CCN1C(=O)N1CCOCC1. The number of rotatable bonds is 3. The van der Waals surface area contributed by atoms with Crippen molar-refractivity contribution < 1.29 is 23.9 Å². The van der Waals surface area contributed by atoms with Crippen molar-refractivity contribution in [3.8, 4) is 0 Å². The highest BCUT2D eigenvalue weighted by molar-refractivity contribution is 7.99. The zero-order valence-corrected chi connectivity index (χ0v) is 14.3. The molecule has 1 unspecified atom stereocenters. The van der Waals surface area contributed by atoms with Gasteiger partial charge >= 0.3 is 12.0 Å². The van der Waals surface area contributed by atoms with Crippen LogP contribution in [-0.4, -0.2) is 104 Å². The van der Waals surface area contributed by atoms with Crippen LogP contribution >= 0.6 is 11.8 Å². The lowest BCUT2D eigenvalue weighted by Gasteiger charge is -2.42. The van der Waals surface area contributed by atoms with Crippen LogP contribution in [0.15, 0.2) is 0 Å². The van der Waals surface area contributed by atoms with Gasteiger partial charge in [-0.15, -0.1) is 0 Å². The van der Waals surface area contributed by atoms with E-state index in [0.717, 1.165) is 0 Å². The van der Waals surface area contributed by atoms with Crippen molar-refractivity contribution in [3.63, 3.8) is 0 Å². The van der Waals surface area contributed by atoms with Gasteiger partial charge < -0.3 is 24.2 Å². The number of amides is 3. The Kier molecular flexibility index (Phi) is 6.52. The fourth-order valence-corrected chi connectivity index (χ4v) is 3.16. The summed E-state index contributed by atoms with van der Waals surface area (Å²) in [5.41, 5.74) is 0. The number of nitrogens with zero attached hydrogens (tertiary/aromatic N) is 3. The van der Waals surface area contributed by atoms with Crippen molar-refractivity contribution in [2.24, 2.45) is 0 Å². The van der Waals surface area contributed by atoms with E-state index in [4.69, 9.17) is 9.47 Å². The van der Waals surface area contributed by atoms with Crippen LogP contribution in [-0.2, 0) is 19.1 Å². The van der Waals surface area contributed by atoms with Gasteiger partial charge in [0.15, 0.2) is 0 Å². The van der Waals surface area contributed by atoms with Crippen molar-refractivity contribution in [2.75, 3.05) is 65.1 Å². The molecule has 0 aromatic rings. The number of carbonyl (C=O) groups is 3. The average Bonchev–Trinajstić information content (AvgIpc) is 2.60. The molecule has 130 valence electrons. The van der Waals surface area contributed by atoms with E-state index in [1.165, 1.54) is 23.8 Å². The van der Waals surface area contributed by atoms with Gasteiger partial charge in [-0.1, -0.05) is 0 Å². The molecule has 2 rings (SSSR count). The van der Waals surface area contributed by atoms with E-state index in [9.17, 15) is 14.4 Å². The predicted octanol–water partition coefficient (Wildman–Crippen LogP) is -0.513. The highest BCUT2D eigenvalue weighted by Gasteiger charge is 2.39. The largest absolute Gasteiger partial charge is 0.467 e. The number of piperazine rings is 1. The Bertz CT molecular complexity index is 456. The minimum atomic E-state index is -0.755. The zero-order valence-electron chi connectivity index (χ0n) is 13.5. The summed E-state index contributed by atoms with van der Waals surface area (Å²) >= 11 is 1.44. The van der Waals surface area contributed by atoms with Crippen molar-refractivity contribution in [3.05, 3.63) is 0 Å². The van der Waals surface area contributed by atoms with Crippen LogP contribution < -0.4 is 0 Å². The molecule has 0 radical (unpaired) electrons. The molecule has 8 nitrogen and oxygen atoms in total. The lowest BCUT2D eigenvalue weighted by molar-refractivity contribution is -0.150. The van der Waals surface area contributed by atoms with Crippen molar-refractivity contribution >= 4 is 29.7 Å². The standard InChI is InChI=1S/C14H23N3O5S/c1-21-13(19)11-9-16(12(18)10-23-2)3-4-17(11)14(20)15-5-7-22-8-6-15/h11H,3-10H2,1-2H3. The summed E-state index contributed by atoms with van der Waals surface area (Å²) in [6.07, 6.45) is 1.86. The van der Waals surface area contributed by atoms with E-state index >= 15 is 0 Å². The number of hydrogen-bond acceptors (Lipinski definition) is 6. The molecule has 1 atom stereocenters. The maximum absolute atomic E-state index is 12.7. The quantitative estimate of drug-likeness (QED) is 0.641. The molecule has 23 heavy (non-hydrogen) atoms. The van der Waals surface area contributed by atoms with E-state index in [1.807, 2.05) is 6.26 Å². The van der Waals surface area contributed by atoms with Crippen LogP contribution in [0.2, 0.25) is 0 Å². The second-order valence-corrected chi connectivity index (χ2v) is 6.25. The summed E-state index contributed by atoms with van der Waals surface area (Å²) in [4.78, 5) is 41.6. The summed E-state index contributed by atoms with van der Waals surface area (Å²) in [5.74, 6) is -0.149. The smallest absolute Gasteiger partial charge is 0.330 e. The number of methoxy groups -OCH3 is 1. The molecule has 0 aliphatic carbocycles. The summed E-state index contributed by atoms with van der Waals surface area (Å²) < 4.78 is 10.1. The first-order valence-electron chi connectivity index (χ1n) is 7.56. The fourth-order valence-electron chi connectivity index (χ4n) is 2.73. The molecular formula is C14H23N3O5S. The molecule has 2 aliphatic heterocycles. The first-order chi connectivity index (χ1) is 11.1. The fraction of sp³-hybridized carbons (Fsp3) is 0.786. The molecule has 0 N–H and O–H groups in total. The molecule has 3 amide bonds. The molecule has 2 aliphatic rings. The third kappa shape index (κ3) is 4.29. The van der Waals surface area contributed by atoms with Gasteiger partial charge in [0.2, 0.25) is 5.91 Å². The van der Waals surface area contributed by atoms with E-state index in [2.05, 4.69) is 0 Å². The zero-order chi connectivity index (χ0) is 16.8. The number of carbonyl (C=O) groups excluding carboxylic acids is 3. The minimum absolute atomic E-state index is 0.0233. The van der Waals surface area contributed by atoms with E-state index in [-0.39, 0.29) is 18.5 Å². The van der Waals surface area contributed by atoms with Gasteiger partial charge in [-0.2, -0.15) is 11.8 Å². The minimum Gasteiger partial charge on any atom is -0.467 e. The van der Waals surface area contributed by atoms with Gasteiger partial charge in [0.25, 0.3) is 0 Å². The topological polar surface area (TPSA) is 79.4 Å². The average molecular weight is 345 g/mol. The summed E-state index contributed by atoms with van der Waals surface area (Å²) in [5, 5.41) is 0. The van der Waals surface area contributed by atoms with Gasteiger partial charge in [0.05, 0.1) is 32.6 Å². The Morgan fingerprint density at radius 2 is 1.83 bits per heavy atom. The molecule has 0 saturated carbocycles. The molecule has 0 aromatic carbocycles. The van der Waals surface area contributed by atoms with Gasteiger partial charge in [0.1, 0.15) is 6.04 Å². The molecule has 9 heteroatoms. The van der Waals surface area contributed by atoms with Crippen LogP contribution in [0.25, 0.3) is 0 Å². The molecule has 0 bridgehead atoms. The third-order valence-corrected chi connectivity index (χ3v) is 4.54. The molecule has 2 heterocycles. The van der Waals surface area contributed by atoms with Crippen LogP contribution in [0.3, 0.4) is 0 Å². The van der Waals surface area contributed by atoms with E-state index in [1.54, 1.807) is 9.80 Å². The van der Waals surface area contributed by atoms with Crippen LogP contribution in [0.1, 0.15) is 0 Å². The van der Waals surface area contributed by atoms with Crippen molar-refractivity contribution in [1.82, 2.24) is 14.7 Å². The van der Waals surface area contributed by atoms with Crippen molar-refractivity contribution in [1.29, 1.82) is 0 Å².